The van der Waals surface area contributed by atoms with Gasteiger partial charge in [0, 0.05) is 0 Å². The molecule has 0 aliphatic heterocycles. The maximum atomic E-state index is 2.45. The molecule has 0 saturated heterocycles. The minimum absolute atomic E-state index is 0.277. The molecule has 0 heterocycles. The predicted octanol–water partition coefficient (Wildman–Crippen LogP) is 6.11. The summed E-state index contributed by atoms with van der Waals surface area (Å²) in [5.74, 6) is 0.784. The van der Waals surface area contributed by atoms with Crippen LogP contribution in [0.15, 0.2) is 60.7 Å². The first-order chi connectivity index (χ1) is 10.5. The molecule has 0 spiro atoms. The molecular weight excluding hydrogens is 264 g/mol. The van der Waals surface area contributed by atoms with E-state index in [1.807, 2.05) is 0 Å². The summed E-state index contributed by atoms with van der Waals surface area (Å²) in [4.78, 5) is 0. The first-order valence-electron chi connectivity index (χ1n) is 8.63. The van der Waals surface area contributed by atoms with E-state index in [9.17, 15) is 0 Å². The van der Waals surface area contributed by atoms with Crippen LogP contribution in [0.25, 0.3) is 0 Å². The second kappa shape index (κ2) is 5.91. The maximum absolute atomic E-state index is 2.45. The normalized spacial score (nSPS) is 25.9. The number of rotatable bonds is 3. The van der Waals surface area contributed by atoms with Crippen LogP contribution in [0.3, 0.4) is 0 Å². The Morgan fingerprint density at radius 3 is 1.86 bits per heavy atom. The third-order valence-electron chi connectivity index (χ3n) is 6.10. The molecule has 0 bridgehead atoms. The number of hydrogen-bond donors (Lipinski definition) is 0. The molecule has 1 aliphatic rings. The first-order valence-corrected chi connectivity index (χ1v) is 8.63. The van der Waals surface area contributed by atoms with Gasteiger partial charge in [-0.15, -0.1) is 0 Å². The molecule has 1 fully saturated rings. The van der Waals surface area contributed by atoms with E-state index >= 15 is 0 Å². The molecular formula is C22H28. The van der Waals surface area contributed by atoms with Crippen LogP contribution in [0.4, 0.5) is 0 Å². The van der Waals surface area contributed by atoms with E-state index in [2.05, 4.69) is 81.4 Å². The van der Waals surface area contributed by atoms with Gasteiger partial charge in [0.1, 0.15) is 0 Å². The Kier molecular flexibility index (Phi) is 4.12. The summed E-state index contributed by atoms with van der Waals surface area (Å²) in [6, 6.07) is 22.2. The van der Waals surface area contributed by atoms with E-state index in [1.54, 1.807) is 0 Å². The largest absolute Gasteiger partial charge is 0.0622 e. The molecule has 2 aromatic rings. The zero-order chi connectivity index (χ0) is 15.6. The highest BCUT2D eigenvalue weighted by Gasteiger charge is 2.39. The highest BCUT2D eigenvalue weighted by Crippen LogP contribution is 2.47. The smallest absolute Gasteiger partial charge is 0.00750 e. The van der Waals surface area contributed by atoms with Crippen LogP contribution in [0.1, 0.15) is 57.6 Å². The van der Waals surface area contributed by atoms with Crippen molar-refractivity contribution in [3.63, 3.8) is 0 Å². The number of benzene rings is 2. The Morgan fingerprint density at radius 2 is 1.32 bits per heavy atom. The zero-order valence-electron chi connectivity index (χ0n) is 14.2. The maximum Gasteiger partial charge on any atom is -0.00750 e. The van der Waals surface area contributed by atoms with Gasteiger partial charge in [-0.2, -0.15) is 0 Å². The van der Waals surface area contributed by atoms with Gasteiger partial charge in [-0.05, 0) is 53.6 Å². The van der Waals surface area contributed by atoms with E-state index in [-0.39, 0.29) is 5.41 Å². The van der Waals surface area contributed by atoms with E-state index in [1.165, 1.54) is 36.8 Å². The summed E-state index contributed by atoms with van der Waals surface area (Å²) >= 11 is 0. The zero-order valence-corrected chi connectivity index (χ0v) is 14.2. The van der Waals surface area contributed by atoms with Crippen molar-refractivity contribution in [2.24, 2.45) is 5.92 Å². The van der Waals surface area contributed by atoms with Gasteiger partial charge in [0.2, 0.25) is 0 Å². The Hall–Kier alpha value is -1.56. The van der Waals surface area contributed by atoms with Crippen LogP contribution in [0.2, 0.25) is 0 Å². The summed E-state index contributed by atoms with van der Waals surface area (Å²) in [5, 5.41) is 0. The van der Waals surface area contributed by atoms with Gasteiger partial charge in [0.15, 0.2) is 0 Å². The van der Waals surface area contributed by atoms with Crippen LogP contribution in [-0.2, 0) is 10.8 Å². The fraction of sp³-hybridized carbons (Fsp3) is 0.455. The van der Waals surface area contributed by atoms with E-state index < -0.39 is 0 Å². The average Bonchev–Trinajstić information content (AvgIpc) is 2.57. The molecule has 0 heteroatoms. The molecule has 1 saturated carbocycles. The van der Waals surface area contributed by atoms with Crippen LogP contribution >= 0.6 is 0 Å². The van der Waals surface area contributed by atoms with E-state index in [0.717, 1.165) is 5.92 Å². The Balaban J connectivity index is 1.74. The lowest BCUT2D eigenvalue weighted by Gasteiger charge is -2.44. The quantitative estimate of drug-likeness (QED) is 0.640. The molecule has 0 atom stereocenters. The predicted molar refractivity (Wildman–Crippen MR) is 95.2 cm³/mol. The lowest BCUT2D eigenvalue weighted by atomic mass is 9.60. The third kappa shape index (κ3) is 2.84. The topological polar surface area (TPSA) is 0 Å². The molecule has 2 aromatic carbocycles. The Labute approximate surface area is 135 Å². The van der Waals surface area contributed by atoms with Crippen molar-refractivity contribution < 1.29 is 0 Å². The molecule has 0 nitrogen and oxygen atoms in total. The van der Waals surface area contributed by atoms with Crippen molar-refractivity contribution in [2.45, 2.75) is 57.3 Å². The van der Waals surface area contributed by atoms with Crippen molar-refractivity contribution in [2.75, 3.05) is 0 Å². The lowest BCUT2D eigenvalue weighted by molar-refractivity contribution is 0.178. The van der Waals surface area contributed by atoms with Crippen molar-refractivity contribution >= 4 is 0 Å². The molecule has 1 aliphatic carbocycles. The SMILES string of the molecule is CC1(c2ccccc2)CCC(C(C)(C)c2ccccc2)CC1. The van der Waals surface area contributed by atoms with E-state index in [0.29, 0.717) is 5.41 Å². The fourth-order valence-corrected chi connectivity index (χ4v) is 4.21. The summed E-state index contributed by atoms with van der Waals surface area (Å²) in [5.41, 5.74) is 3.65. The van der Waals surface area contributed by atoms with Crippen LogP contribution < -0.4 is 0 Å². The third-order valence-corrected chi connectivity index (χ3v) is 6.10. The minimum Gasteiger partial charge on any atom is -0.0622 e. The lowest BCUT2D eigenvalue weighted by Crippen LogP contribution is -2.36. The number of hydrogen-bond acceptors (Lipinski definition) is 0. The van der Waals surface area contributed by atoms with Crippen LogP contribution in [0.5, 0.6) is 0 Å². The van der Waals surface area contributed by atoms with Gasteiger partial charge >= 0.3 is 0 Å². The van der Waals surface area contributed by atoms with Gasteiger partial charge in [-0.3, -0.25) is 0 Å². The minimum atomic E-state index is 0.277. The molecule has 22 heavy (non-hydrogen) atoms. The standard InChI is InChI=1S/C22H28/c1-21(2,18-10-6-4-7-11-18)19-14-16-22(3,17-15-19)20-12-8-5-9-13-20/h4-13,19H,14-17H2,1-3H3. The van der Waals surface area contributed by atoms with Crippen molar-refractivity contribution in [3.05, 3.63) is 71.8 Å². The highest BCUT2D eigenvalue weighted by molar-refractivity contribution is 5.28. The molecule has 0 unspecified atom stereocenters. The molecule has 0 radical (unpaired) electrons. The second-order valence-corrected chi connectivity index (χ2v) is 7.79. The highest BCUT2D eigenvalue weighted by atomic mass is 14.4. The van der Waals surface area contributed by atoms with Gasteiger partial charge in [-0.25, -0.2) is 0 Å². The van der Waals surface area contributed by atoms with Crippen LogP contribution in [0, 0.1) is 5.92 Å². The molecule has 0 amide bonds. The second-order valence-electron chi connectivity index (χ2n) is 7.79. The summed E-state index contributed by atoms with van der Waals surface area (Å²) < 4.78 is 0. The van der Waals surface area contributed by atoms with Crippen molar-refractivity contribution in [1.82, 2.24) is 0 Å². The van der Waals surface area contributed by atoms with Gasteiger partial charge < -0.3 is 0 Å². The fourth-order valence-electron chi connectivity index (χ4n) is 4.21. The van der Waals surface area contributed by atoms with E-state index in [4.69, 9.17) is 0 Å². The first kappa shape index (κ1) is 15.3. The summed E-state index contributed by atoms with van der Waals surface area (Å²) in [6.45, 7) is 7.31. The van der Waals surface area contributed by atoms with Gasteiger partial charge in [0.05, 0.1) is 0 Å². The summed E-state index contributed by atoms with van der Waals surface area (Å²) in [7, 11) is 0. The average molecular weight is 292 g/mol. The monoisotopic (exact) mass is 292 g/mol. The van der Waals surface area contributed by atoms with Crippen LogP contribution in [-0.4, -0.2) is 0 Å². The molecule has 0 aromatic heterocycles. The molecule has 0 N–H and O–H groups in total. The van der Waals surface area contributed by atoms with Gasteiger partial charge in [-0.1, -0.05) is 81.4 Å². The van der Waals surface area contributed by atoms with Crippen molar-refractivity contribution in [3.8, 4) is 0 Å². The Bertz CT molecular complexity index is 586. The van der Waals surface area contributed by atoms with Gasteiger partial charge in [0.25, 0.3) is 0 Å². The summed E-state index contributed by atoms with van der Waals surface area (Å²) in [6.07, 6.45) is 5.26. The molecule has 116 valence electrons. The van der Waals surface area contributed by atoms with Crippen molar-refractivity contribution in [1.29, 1.82) is 0 Å². The molecule has 3 rings (SSSR count). The Morgan fingerprint density at radius 1 is 0.818 bits per heavy atom.